The third-order valence-electron chi connectivity index (χ3n) is 4.70. The third kappa shape index (κ3) is 4.44. The average Bonchev–Trinajstić information content (AvgIpc) is 2.72. The lowest BCUT2D eigenvalue weighted by Gasteiger charge is -2.14. The van der Waals surface area contributed by atoms with Gasteiger partial charge in [-0.05, 0) is 49.6 Å². The Balaban J connectivity index is 2.01. The Bertz CT molecular complexity index is 1030. The second kappa shape index (κ2) is 9.06. The van der Waals surface area contributed by atoms with Crippen LogP contribution in [0.5, 0.6) is 0 Å². The Morgan fingerprint density at radius 3 is 2.54 bits per heavy atom. The predicted octanol–water partition coefficient (Wildman–Crippen LogP) is 3.95. The van der Waals surface area contributed by atoms with E-state index in [1.165, 1.54) is 17.3 Å². The molecule has 1 N–H and O–H groups in total. The maximum absolute atomic E-state index is 13.2. The number of benzene rings is 2. The molecule has 3 aromatic rings. The Morgan fingerprint density at radius 1 is 1.14 bits per heavy atom. The lowest BCUT2D eigenvalue weighted by Crippen LogP contribution is -2.33. The summed E-state index contributed by atoms with van der Waals surface area (Å²) in [5.41, 5.74) is 2.47. The number of aryl methyl sites for hydroxylation is 1. The molecule has 146 valence electrons. The summed E-state index contributed by atoms with van der Waals surface area (Å²) in [6.45, 7) is 6.10. The van der Waals surface area contributed by atoms with E-state index in [1.54, 1.807) is 10.6 Å². The molecule has 0 aliphatic rings. The first-order chi connectivity index (χ1) is 13.5. The molecule has 0 spiro atoms. The Kier molecular flexibility index (Phi) is 6.52. The molecular weight excluding hydrogens is 370 g/mol. The summed E-state index contributed by atoms with van der Waals surface area (Å²) >= 11 is 1.28. The zero-order valence-corrected chi connectivity index (χ0v) is 17.3. The molecule has 1 heterocycles. The second-order valence-corrected chi connectivity index (χ2v) is 7.68. The van der Waals surface area contributed by atoms with E-state index in [0.29, 0.717) is 16.1 Å². The first-order valence-corrected chi connectivity index (χ1v) is 10.5. The van der Waals surface area contributed by atoms with Crippen molar-refractivity contribution in [3.63, 3.8) is 0 Å². The molecule has 0 aliphatic carbocycles. The van der Waals surface area contributed by atoms with Crippen LogP contribution in [-0.4, -0.2) is 27.3 Å². The third-order valence-corrected chi connectivity index (χ3v) is 5.64. The van der Waals surface area contributed by atoms with Crippen LogP contribution in [0.4, 0.5) is 0 Å². The van der Waals surface area contributed by atoms with E-state index in [9.17, 15) is 9.59 Å². The largest absolute Gasteiger partial charge is 0.353 e. The minimum Gasteiger partial charge on any atom is -0.353 e. The molecule has 1 unspecified atom stereocenters. The number of amides is 1. The quantitative estimate of drug-likeness (QED) is 0.486. The zero-order chi connectivity index (χ0) is 20.1. The number of nitrogens with zero attached hydrogens (tertiary/aromatic N) is 2. The summed E-state index contributed by atoms with van der Waals surface area (Å²) in [5.74, 6) is 0.150. The van der Waals surface area contributed by atoms with Gasteiger partial charge in [0.2, 0.25) is 5.91 Å². The van der Waals surface area contributed by atoms with Crippen molar-refractivity contribution in [1.29, 1.82) is 0 Å². The fourth-order valence-electron chi connectivity index (χ4n) is 2.87. The van der Waals surface area contributed by atoms with Crippen LogP contribution in [0.3, 0.4) is 0 Å². The highest BCUT2D eigenvalue weighted by molar-refractivity contribution is 7.99. The highest BCUT2D eigenvalue weighted by atomic mass is 32.2. The molecule has 5 nitrogen and oxygen atoms in total. The van der Waals surface area contributed by atoms with Gasteiger partial charge >= 0.3 is 0 Å². The van der Waals surface area contributed by atoms with Gasteiger partial charge in [-0.2, -0.15) is 0 Å². The van der Waals surface area contributed by atoms with E-state index >= 15 is 0 Å². The van der Waals surface area contributed by atoms with Crippen molar-refractivity contribution in [2.75, 3.05) is 5.75 Å². The van der Waals surface area contributed by atoms with Crippen LogP contribution in [0.1, 0.15) is 32.8 Å². The number of hydrogen-bond acceptors (Lipinski definition) is 4. The van der Waals surface area contributed by atoms with E-state index in [4.69, 9.17) is 0 Å². The molecule has 6 heteroatoms. The standard InChI is InChI=1S/C22H25N3O2S/c1-4-15(3)23-20(26)14-28-22-24-19-9-7-6-8-18(19)21(27)25(22)17-12-10-16(5-2)11-13-17/h6-13,15H,4-5,14H2,1-3H3,(H,23,26). The number of rotatable bonds is 7. The second-order valence-electron chi connectivity index (χ2n) is 6.74. The molecule has 1 atom stereocenters. The zero-order valence-electron chi connectivity index (χ0n) is 16.4. The first kappa shape index (κ1) is 20.1. The molecule has 0 fully saturated rings. The molecule has 0 radical (unpaired) electrons. The van der Waals surface area contributed by atoms with Gasteiger partial charge in [-0.1, -0.05) is 49.9 Å². The van der Waals surface area contributed by atoms with E-state index in [-0.39, 0.29) is 23.3 Å². The smallest absolute Gasteiger partial charge is 0.266 e. The monoisotopic (exact) mass is 395 g/mol. The summed E-state index contributed by atoms with van der Waals surface area (Å²) < 4.78 is 1.60. The maximum atomic E-state index is 13.2. The summed E-state index contributed by atoms with van der Waals surface area (Å²) in [6.07, 6.45) is 1.81. The summed E-state index contributed by atoms with van der Waals surface area (Å²) in [7, 11) is 0. The van der Waals surface area contributed by atoms with Gasteiger partial charge in [0, 0.05) is 6.04 Å². The van der Waals surface area contributed by atoms with Crippen molar-refractivity contribution in [2.45, 2.75) is 44.8 Å². The number of thioether (sulfide) groups is 1. The normalized spacial score (nSPS) is 12.1. The fourth-order valence-corrected chi connectivity index (χ4v) is 3.69. The van der Waals surface area contributed by atoms with Gasteiger partial charge in [-0.25, -0.2) is 4.98 Å². The van der Waals surface area contributed by atoms with Crippen molar-refractivity contribution >= 4 is 28.6 Å². The SMILES string of the molecule is CCc1ccc(-n2c(SCC(=O)NC(C)CC)nc3ccccc3c2=O)cc1. The summed E-state index contributed by atoms with van der Waals surface area (Å²) in [6, 6.07) is 15.3. The number of hydrogen-bond donors (Lipinski definition) is 1. The van der Waals surface area contributed by atoms with Crippen LogP contribution >= 0.6 is 11.8 Å². The lowest BCUT2D eigenvalue weighted by atomic mass is 10.1. The number of para-hydroxylation sites is 1. The van der Waals surface area contributed by atoms with E-state index in [0.717, 1.165) is 18.5 Å². The van der Waals surface area contributed by atoms with Gasteiger partial charge in [-0.3, -0.25) is 14.2 Å². The van der Waals surface area contributed by atoms with Gasteiger partial charge in [0.05, 0.1) is 22.3 Å². The Morgan fingerprint density at radius 2 is 1.86 bits per heavy atom. The van der Waals surface area contributed by atoms with Crippen molar-refractivity contribution in [1.82, 2.24) is 14.9 Å². The molecule has 0 saturated heterocycles. The Hall–Kier alpha value is -2.60. The lowest BCUT2D eigenvalue weighted by molar-refractivity contribution is -0.119. The summed E-state index contributed by atoms with van der Waals surface area (Å²) in [4.78, 5) is 30.1. The van der Waals surface area contributed by atoms with Crippen LogP contribution in [0.2, 0.25) is 0 Å². The molecule has 1 amide bonds. The van der Waals surface area contributed by atoms with E-state index in [2.05, 4.69) is 17.2 Å². The molecule has 0 aliphatic heterocycles. The molecule has 3 rings (SSSR count). The van der Waals surface area contributed by atoms with Crippen LogP contribution < -0.4 is 10.9 Å². The fraction of sp³-hybridized carbons (Fsp3) is 0.318. The minimum atomic E-state index is -0.125. The molecule has 2 aromatic carbocycles. The Labute approximate surface area is 169 Å². The number of fused-ring (bicyclic) bond motifs is 1. The van der Waals surface area contributed by atoms with Crippen LogP contribution in [0.15, 0.2) is 58.5 Å². The van der Waals surface area contributed by atoms with E-state index < -0.39 is 0 Å². The van der Waals surface area contributed by atoms with Crippen LogP contribution in [0.25, 0.3) is 16.6 Å². The van der Waals surface area contributed by atoms with Gasteiger partial charge in [0.15, 0.2) is 5.16 Å². The average molecular weight is 396 g/mol. The van der Waals surface area contributed by atoms with Crippen LogP contribution in [-0.2, 0) is 11.2 Å². The summed E-state index contributed by atoms with van der Waals surface area (Å²) in [5, 5.41) is 4.04. The van der Waals surface area contributed by atoms with Gasteiger partial charge < -0.3 is 5.32 Å². The number of carbonyl (C=O) groups excluding carboxylic acids is 1. The molecular formula is C22H25N3O2S. The minimum absolute atomic E-state index is 0.0605. The van der Waals surface area contributed by atoms with Crippen molar-refractivity contribution in [2.24, 2.45) is 0 Å². The van der Waals surface area contributed by atoms with Gasteiger partial charge in [0.25, 0.3) is 5.56 Å². The molecule has 28 heavy (non-hydrogen) atoms. The number of aromatic nitrogens is 2. The predicted molar refractivity (Wildman–Crippen MR) is 115 cm³/mol. The van der Waals surface area contributed by atoms with Crippen molar-refractivity contribution in [3.8, 4) is 5.69 Å². The maximum Gasteiger partial charge on any atom is 0.266 e. The van der Waals surface area contributed by atoms with Gasteiger partial charge in [0.1, 0.15) is 0 Å². The number of carbonyl (C=O) groups is 1. The van der Waals surface area contributed by atoms with Crippen molar-refractivity contribution in [3.05, 3.63) is 64.4 Å². The van der Waals surface area contributed by atoms with Crippen molar-refractivity contribution < 1.29 is 4.79 Å². The molecule has 1 aromatic heterocycles. The topological polar surface area (TPSA) is 64.0 Å². The van der Waals surface area contributed by atoms with E-state index in [1.807, 2.05) is 56.3 Å². The molecule has 0 saturated carbocycles. The highest BCUT2D eigenvalue weighted by Crippen LogP contribution is 2.21. The van der Waals surface area contributed by atoms with Crippen LogP contribution in [0, 0.1) is 0 Å². The molecule has 0 bridgehead atoms. The highest BCUT2D eigenvalue weighted by Gasteiger charge is 2.15. The van der Waals surface area contributed by atoms with Gasteiger partial charge in [-0.15, -0.1) is 0 Å². The first-order valence-electron chi connectivity index (χ1n) is 9.56. The number of nitrogens with one attached hydrogen (secondary N) is 1.